The topological polar surface area (TPSA) is 61.8 Å². The molecule has 5 nitrogen and oxygen atoms in total. The van der Waals surface area contributed by atoms with E-state index in [1.54, 1.807) is 0 Å². The van der Waals surface area contributed by atoms with E-state index in [2.05, 4.69) is 179 Å². The number of rotatable bonds is 47. The Morgan fingerprint density at radius 2 is 0.618 bits per heavy atom. The lowest BCUT2D eigenvalue weighted by molar-refractivity contribution is -0.163. The summed E-state index contributed by atoms with van der Waals surface area (Å²) in [5.41, 5.74) is 0. The molecule has 0 saturated heterocycles. The molecule has 0 bridgehead atoms. The van der Waals surface area contributed by atoms with Crippen molar-refractivity contribution < 1.29 is 23.8 Å². The number of carbonyl (C=O) groups excluding carboxylic acids is 2. The molecular weight excluding hydrogens is 837 g/mol. The van der Waals surface area contributed by atoms with Crippen molar-refractivity contribution in [2.24, 2.45) is 0 Å². The number of hydrogen-bond donors (Lipinski definition) is 0. The van der Waals surface area contributed by atoms with E-state index in [-0.39, 0.29) is 25.2 Å². The zero-order valence-electron chi connectivity index (χ0n) is 43.6. The fourth-order valence-electron chi connectivity index (χ4n) is 6.65. The van der Waals surface area contributed by atoms with E-state index in [4.69, 9.17) is 14.2 Å². The third kappa shape index (κ3) is 54.1. The van der Waals surface area contributed by atoms with E-state index in [1.165, 1.54) is 6.42 Å². The first-order valence-electron chi connectivity index (χ1n) is 27.0. The Balaban J connectivity index is 4.49. The molecule has 0 aromatic heterocycles. The molecule has 0 aliphatic heterocycles. The van der Waals surface area contributed by atoms with Crippen LogP contribution in [0.3, 0.4) is 0 Å². The van der Waals surface area contributed by atoms with E-state index in [1.807, 2.05) is 0 Å². The summed E-state index contributed by atoms with van der Waals surface area (Å²) in [5, 5.41) is 0. The molecule has 68 heavy (non-hydrogen) atoms. The van der Waals surface area contributed by atoms with Gasteiger partial charge in [0.05, 0.1) is 6.61 Å². The maximum atomic E-state index is 12.8. The Bertz CT molecular complexity index is 1520. The highest BCUT2D eigenvalue weighted by molar-refractivity contribution is 5.70. The van der Waals surface area contributed by atoms with Crippen LogP contribution >= 0.6 is 0 Å². The van der Waals surface area contributed by atoms with Crippen LogP contribution in [0.4, 0.5) is 0 Å². The molecule has 0 saturated carbocycles. The summed E-state index contributed by atoms with van der Waals surface area (Å²) in [6, 6.07) is 0. The average molecular weight is 935 g/mol. The normalized spacial score (nSPS) is 13.5. The molecule has 0 fully saturated rings. The summed E-state index contributed by atoms with van der Waals surface area (Å²) in [7, 11) is 0. The van der Waals surface area contributed by atoms with Crippen molar-refractivity contribution in [2.45, 2.75) is 207 Å². The maximum Gasteiger partial charge on any atom is 0.306 e. The van der Waals surface area contributed by atoms with Gasteiger partial charge in [0, 0.05) is 19.4 Å². The van der Waals surface area contributed by atoms with Crippen molar-refractivity contribution >= 4 is 11.9 Å². The average Bonchev–Trinajstić information content (AvgIpc) is 3.34. The SMILES string of the molecule is CC/C=C\C/C=C\C/C=C\C/C=C\C/C=C\C/C=C\CCCOCC(COC(=O)CCCCCC/C=C\C/C=C\C/C=C\C/C=C\CC)OC(=O)CCCCCCC/C=C\C/C=C\C/C=C\CC. The lowest BCUT2D eigenvalue weighted by atomic mass is 10.1. The maximum absolute atomic E-state index is 12.8. The first-order chi connectivity index (χ1) is 33.6. The van der Waals surface area contributed by atoms with Gasteiger partial charge in [-0.3, -0.25) is 9.59 Å². The van der Waals surface area contributed by atoms with Gasteiger partial charge in [-0.25, -0.2) is 0 Å². The Kier molecular flexibility index (Phi) is 53.1. The monoisotopic (exact) mass is 935 g/mol. The fourth-order valence-corrected chi connectivity index (χ4v) is 6.65. The van der Waals surface area contributed by atoms with Crippen LogP contribution in [0, 0.1) is 0 Å². The molecule has 1 unspecified atom stereocenters. The summed E-state index contributed by atoms with van der Waals surface area (Å²) >= 11 is 0. The highest BCUT2D eigenvalue weighted by Crippen LogP contribution is 2.12. The van der Waals surface area contributed by atoms with Gasteiger partial charge in [0.25, 0.3) is 0 Å². The fraction of sp³-hybridized carbons (Fsp3) is 0.556. The quantitative estimate of drug-likeness (QED) is 0.0346. The summed E-state index contributed by atoms with van der Waals surface area (Å²) in [6.45, 7) is 7.27. The van der Waals surface area contributed by atoms with Crippen LogP contribution in [0.5, 0.6) is 0 Å². The largest absolute Gasteiger partial charge is 0.462 e. The van der Waals surface area contributed by atoms with Crippen LogP contribution in [-0.2, 0) is 23.8 Å². The second-order valence-corrected chi connectivity index (χ2v) is 17.0. The minimum absolute atomic E-state index is 0.0305. The van der Waals surface area contributed by atoms with E-state index in [9.17, 15) is 9.59 Å². The molecule has 0 amide bonds. The molecule has 0 spiro atoms. The van der Waals surface area contributed by atoms with Crippen LogP contribution in [0.2, 0.25) is 0 Å². The molecule has 1 atom stereocenters. The number of unbranched alkanes of at least 4 members (excludes halogenated alkanes) is 10. The van der Waals surface area contributed by atoms with Crippen LogP contribution in [0.15, 0.2) is 158 Å². The lowest BCUT2D eigenvalue weighted by Crippen LogP contribution is -2.30. The van der Waals surface area contributed by atoms with Gasteiger partial charge in [0.15, 0.2) is 6.10 Å². The molecule has 0 rings (SSSR count). The van der Waals surface area contributed by atoms with Gasteiger partial charge in [-0.2, -0.15) is 0 Å². The molecule has 380 valence electrons. The standard InChI is InChI=1S/C63H98O5/c1-4-7-10-13-16-19-22-25-28-30-31-32-34-37-40-43-46-49-52-55-58-66-59-61(68-63(65)57-54-51-48-45-42-39-35-27-24-21-18-15-12-9-6-3)60-67-62(64)56-53-50-47-44-41-38-36-33-29-26-23-20-17-14-11-8-5-2/h7-12,16-21,25-29,31-32,35-38,40,46,49,61H,4-6,13-15,22-24,30,33-34,39,41-45,47-48,50-60H2,1-3H3/b10-7-,11-8-,12-9-,19-16-,20-17-,21-18-,28-25-,29-26-,32-31-,35-27-,38-36-,40-37-,49-46-. The smallest absolute Gasteiger partial charge is 0.306 e. The summed E-state index contributed by atoms with van der Waals surface area (Å²) in [4.78, 5) is 25.5. The van der Waals surface area contributed by atoms with Gasteiger partial charge < -0.3 is 14.2 Å². The minimum atomic E-state index is -0.599. The van der Waals surface area contributed by atoms with E-state index in [0.29, 0.717) is 19.4 Å². The zero-order chi connectivity index (χ0) is 49.2. The van der Waals surface area contributed by atoms with E-state index < -0.39 is 6.10 Å². The first kappa shape index (κ1) is 63.5. The summed E-state index contributed by atoms with van der Waals surface area (Å²) in [5.74, 6) is -0.490. The predicted octanol–water partition coefficient (Wildman–Crippen LogP) is 18.7. The van der Waals surface area contributed by atoms with E-state index in [0.717, 1.165) is 161 Å². The summed E-state index contributed by atoms with van der Waals surface area (Å²) in [6.07, 6.45) is 84.1. The lowest BCUT2D eigenvalue weighted by Gasteiger charge is -2.18. The van der Waals surface area contributed by atoms with Gasteiger partial charge in [0.2, 0.25) is 0 Å². The van der Waals surface area contributed by atoms with Crippen molar-refractivity contribution in [1.29, 1.82) is 0 Å². The van der Waals surface area contributed by atoms with Gasteiger partial charge >= 0.3 is 11.9 Å². The van der Waals surface area contributed by atoms with Gasteiger partial charge in [0.1, 0.15) is 6.61 Å². The molecule has 0 aromatic carbocycles. The Hall–Kier alpha value is -4.48. The third-order valence-corrected chi connectivity index (χ3v) is 10.5. The van der Waals surface area contributed by atoms with Gasteiger partial charge in [-0.1, -0.05) is 211 Å². The molecule has 0 heterocycles. The van der Waals surface area contributed by atoms with E-state index >= 15 is 0 Å². The molecule has 0 N–H and O–H groups in total. The Morgan fingerprint density at radius 1 is 0.324 bits per heavy atom. The zero-order valence-corrected chi connectivity index (χ0v) is 43.6. The highest BCUT2D eigenvalue weighted by atomic mass is 16.6. The van der Waals surface area contributed by atoms with Crippen molar-refractivity contribution in [3.63, 3.8) is 0 Å². The third-order valence-electron chi connectivity index (χ3n) is 10.5. The van der Waals surface area contributed by atoms with Gasteiger partial charge in [-0.05, 0) is 135 Å². The predicted molar refractivity (Wildman–Crippen MR) is 297 cm³/mol. The van der Waals surface area contributed by atoms with Crippen molar-refractivity contribution in [3.8, 4) is 0 Å². The summed E-state index contributed by atoms with van der Waals surface area (Å²) < 4.78 is 17.3. The Morgan fingerprint density at radius 3 is 0.985 bits per heavy atom. The second-order valence-electron chi connectivity index (χ2n) is 17.0. The van der Waals surface area contributed by atoms with Crippen molar-refractivity contribution in [2.75, 3.05) is 19.8 Å². The number of esters is 2. The van der Waals surface area contributed by atoms with Crippen LogP contribution in [-0.4, -0.2) is 37.9 Å². The van der Waals surface area contributed by atoms with Crippen LogP contribution in [0.1, 0.15) is 201 Å². The van der Waals surface area contributed by atoms with Crippen LogP contribution < -0.4 is 0 Å². The second kappa shape index (κ2) is 56.8. The molecule has 5 heteroatoms. The number of allylic oxidation sites excluding steroid dienone is 26. The van der Waals surface area contributed by atoms with Crippen molar-refractivity contribution in [1.82, 2.24) is 0 Å². The van der Waals surface area contributed by atoms with Crippen LogP contribution in [0.25, 0.3) is 0 Å². The number of ether oxygens (including phenoxy) is 3. The molecule has 0 aliphatic rings. The van der Waals surface area contributed by atoms with Crippen molar-refractivity contribution in [3.05, 3.63) is 158 Å². The molecule has 0 aliphatic carbocycles. The molecule has 0 radical (unpaired) electrons. The molecule has 0 aromatic rings. The number of carbonyl (C=O) groups is 2. The minimum Gasteiger partial charge on any atom is -0.462 e. The highest BCUT2D eigenvalue weighted by Gasteiger charge is 2.17. The Labute approximate surface area is 418 Å². The van der Waals surface area contributed by atoms with Gasteiger partial charge in [-0.15, -0.1) is 0 Å². The molecular formula is C63H98O5. The number of hydrogen-bond acceptors (Lipinski definition) is 5. The first-order valence-corrected chi connectivity index (χ1v) is 27.0.